The van der Waals surface area contributed by atoms with Gasteiger partial charge in [0.2, 0.25) is 0 Å². The van der Waals surface area contributed by atoms with E-state index in [0.29, 0.717) is 39.1 Å². The highest BCUT2D eigenvalue weighted by Crippen LogP contribution is 2.61. The summed E-state index contributed by atoms with van der Waals surface area (Å²) >= 11 is 0. The van der Waals surface area contributed by atoms with Gasteiger partial charge in [-0.15, -0.1) is 0 Å². The Kier molecular flexibility index (Phi) is 11.3. The summed E-state index contributed by atoms with van der Waals surface area (Å²) in [5.41, 5.74) is -1.31. The Bertz CT molecular complexity index is 1640. The molecular weight excluding hydrogens is 665 g/mol. The van der Waals surface area contributed by atoms with Gasteiger partial charge in [0, 0.05) is 20.0 Å². The molecule has 3 aromatic carbocycles. The highest BCUT2D eigenvalue weighted by Gasteiger charge is 2.60. The second-order valence-corrected chi connectivity index (χ2v) is 22.6. The molecule has 1 aliphatic heterocycles. The lowest BCUT2D eigenvalue weighted by atomic mass is 9.89. The summed E-state index contributed by atoms with van der Waals surface area (Å²) in [5, 5.41) is 1.35. The van der Waals surface area contributed by atoms with Crippen LogP contribution in [0.5, 0.6) is 0 Å². The lowest BCUT2D eigenvalue weighted by Gasteiger charge is -2.43. The van der Waals surface area contributed by atoms with E-state index in [9.17, 15) is 13.2 Å². The van der Waals surface area contributed by atoms with Crippen LogP contribution in [-0.2, 0) is 33.3 Å². The second kappa shape index (κ2) is 14.7. The van der Waals surface area contributed by atoms with Gasteiger partial charge in [-0.1, -0.05) is 113 Å². The van der Waals surface area contributed by atoms with Crippen LogP contribution in [0.4, 0.5) is 0 Å². The van der Waals surface area contributed by atoms with Crippen LogP contribution in [-0.4, -0.2) is 59.2 Å². The molecule has 1 heterocycles. The number of benzene rings is 3. The minimum absolute atomic E-state index is 0.0324. The van der Waals surface area contributed by atoms with Crippen molar-refractivity contribution >= 4 is 34.5 Å². The van der Waals surface area contributed by atoms with E-state index in [1.165, 1.54) is 17.3 Å². The van der Waals surface area contributed by atoms with Gasteiger partial charge in [-0.05, 0) is 77.9 Å². The Hall–Kier alpha value is -2.82. The fraction of sp³-hybridized carbons (Fsp3) is 0.537. The molecule has 0 N–H and O–H groups in total. The predicted molar refractivity (Wildman–Crippen MR) is 201 cm³/mol. The van der Waals surface area contributed by atoms with Crippen molar-refractivity contribution in [3.63, 3.8) is 0 Å². The third kappa shape index (κ3) is 7.82. The largest absolute Gasteiger partial charge is 0.458 e. The lowest BCUT2D eigenvalue weighted by Crippen LogP contribution is -2.66. The number of rotatable bonds is 15. The molecule has 2 aliphatic rings. The quantitative estimate of drug-likeness (QED) is 0.120. The molecule has 1 saturated carbocycles. The van der Waals surface area contributed by atoms with Crippen molar-refractivity contribution in [3.05, 3.63) is 91.0 Å². The molecule has 7 nitrogen and oxygen atoms in total. The average molecular weight is 721 g/mol. The minimum atomic E-state index is -3.91. The third-order valence-corrected chi connectivity index (χ3v) is 18.8. The minimum Gasteiger partial charge on any atom is -0.458 e. The van der Waals surface area contributed by atoms with Crippen molar-refractivity contribution in [3.8, 4) is 0 Å². The smallest absolute Gasteiger partial charge is 0.303 e. The van der Waals surface area contributed by atoms with Gasteiger partial charge < -0.3 is 18.6 Å². The van der Waals surface area contributed by atoms with Gasteiger partial charge in [0.1, 0.15) is 10.9 Å². The monoisotopic (exact) mass is 720 g/mol. The van der Waals surface area contributed by atoms with Crippen LogP contribution in [0.1, 0.15) is 81.1 Å². The molecule has 0 aromatic heterocycles. The molecule has 5 rings (SSSR count). The number of hydrogen-bond acceptors (Lipinski definition) is 7. The Morgan fingerprint density at radius 1 is 0.840 bits per heavy atom. The first-order valence-electron chi connectivity index (χ1n) is 18.0. The summed E-state index contributed by atoms with van der Waals surface area (Å²) < 4.78 is 54.0. The van der Waals surface area contributed by atoms with Crippen molar-refractivity contribution in [1.29, 1.82) is 0 Å². The highest BCUT2D eigenvalue weighted by molar-refractivity contribution is 7.92. The van der Waals surface area contributed by atoms with E-state index in [1.807, 2.05) is 6.92 Å². The van der Waals surface area contributed by atoms with E-state index >= 15 is 0 Å². The van der Waals surface area contributed by atoms with Gasteiger partial charge in [-0.25, -0.2) is 8.42 Å². The fourth-order valence-corrected chi connectivity index (χ4v) is 15.1. The number of sulfone groups is 1. The van der Waals surface area contributed by atoms with E-state index in [-0.39, 0.29) is 33.6 Å². The zero-order valence-electron chi connectivity index (χ0n) is 31.1. The summed E-state index contributed by atoms with van der Waals surface area (Å²) in [6.07, 6.45) is 1.65. The number of carbonyl (C=O) groups excluding carboxylic acids is 1. The maximum absolute atomic E-state index is 14.4. The molecule has 0 spiro atoms. The molecule has 1 aliphatic carbocycles. The molecule has 9 heteroatoms. The van der Waals surface area contributed by atoms with E-state index in [4.69, 9.17) is 18.6 Å². The standard InChI is InChI=1S/C41H56O7SSi/c1-31(42)48-40(7,37(25-27-41(8)45-28-29-46-41)49(43,44)32-18-12-9-13-19-32)26-24-35-36(39(35,5)6)30-47-50(38(2,3)4,33-20-14-10-15-21-33)34-22-16-11-17-23-34/h9-23,35-37H,24-30H2,1-8H3/t35-,36-,37?,40?/m0/s1. The Balaban J connectivity index is 1.42. The fourth-order valence-electron chi connectivity index (χ4n) is 8.44. The molecule has 0 bridgehead atoms. The number of carbonyl (C=O) groups is 1. The molecule has 2 unspecified atom stereocenters. The molecule has 50 heavy (non-hydrogen) atoms. The van der Waals surface area contributed by atoms with Crippen molar-refractivity contribution in [2.75, 3.05) is 19.8 Å². The molecule has 272 valence electrons. The molecular formula is C41H56O7SSi. The van der Waals surface area contributed by atoms with Gasteiger partial charge in [-0.3, -0.25) is 4.79 Å². The van der Waals surface area contributed by atoms with Gasteiger partial charge >= 0.3 is 5.97 Å². The molecule has 3 aromatic rings. The summed E-state index contributed by atoms with van der Waals surface area (Å²) in [5.74, 6) is -0.866. The highest BCUT2D eigenvalue weighted by atomic mass is 32.2. The van der Waals surface area contributed by atoms with Crippen LogP contribution in [0, 0.1) is 17.3 Å². The van der Waals surface area contributed by atoms with Gasteiger partial charge in [0.25, 0.3) is 8.32 Å². The van der Waals surface area contributed by atoms with Crippen LogP contribution in [0.25, 0.3) is 0 Å². The van der Waals surface area contributed by atoms with Gasteiger partial charge in [0.15, 0.2) is 15.6 Å². The van der Waals surface area contributed by atoms with Gasteiger partial charge in [-0.2, -0.15) is 0 Å². The first-order chi connectivity index (χ1) is 23.5. The molecule has 0 radical (unpaired) electrons. The third-order valence-electron chi connectivity index (χ3n) is 11.4. The number of hydrogen-bond donors (Lipinski definition) is 0. The summed E-state index contributed by atoms with van der Waals surface area (Å²) in [4.78, 5) is 12.9. The zero-order chi connectivity index (χ0) is 36.4. The SMILES string of the molecule is CC(=O)OC(C)(CC[C@H]1[C@H](CO[Si](c2ccccc2)(c2ccccc2)C(C)(C)C)C1(C)C)C(CCC1(C)OCCO1)S(=O)(=O)c1ccccc1. The van der Waals surface area contributed by atoms with Crippen molar-refractivity contribution in [1.82, 2.24) is 0 Å². The van der Waals surface area contributed by atoms with Crippen LogP contribution < -0.4 is 10.4 Å². The van der Waals surface area contributed by atoms with Crippen LogP contribution >= 0.6 is 0 Å². The Labute approximate surface area is 301 Å². The van der Waals surface area contributed by atoms with E-state index in [1.54, 1.807) is 37.3 Å². The average Bonchev–Trinajstić information content (AvgIpc) is 3.32. The molecule has 2 fully saturated rings. The molecule has 0 amide bonds. The topological polar surface area (TPSA) is 88.1 Å². The summed E-state index contributed by atoms with van der Waals surface area (Å²) in [6, 6.07) is 29.8. The molecule has 4 atom stereocenters. The van der Waals surface area contributed by atoms with E-state index in [2.05, 4.69) is 95.3 Å². The van der Waals surface area contributed by atoms with E-state index < -0.39 is 40.8 Å². The molecule has 1 saturated heterocycles. The Morgan fingerprint density at radius 3 is 1.82 bits per heavy atom. The van der Waals surface area contributed by atoms with Crippen LogP contribution in [0.3, 0.4) is 0 Å². The Morgan fingerprint density at radius 2 is 1.34 bits per heavy atom. The predicted octanol–water partition coefficient (Wildman–Crippen LogP) is 7.32. The van der Waals surface area contributed by atoms with Crippen LogP contribution in [0.2, 0.25) is 5.04 Å². The number of esters is 1. The van der Waals surface area contributed by atoms with E-state index in [0.717, 1.165) is 0 Å². The summed E-state index contributed by atoms with van der Waals surface area (Å²) in [7, 11) is -6.64. The van der Waals surface area contributed by atoms with Crippen molar-refractivity contribution in [2.45, 2.75) is 108 Å². The van der Waals surface area contributed by atoms with Gasteiger partial charge in [0.05, 0.1) is 18.1 Å². The van der Waals surface area contributed by atoms with Crippen molar-refractivity contribution in [2.24, 2.45) is 17.3 Å². The zero-order valence-corrected chi connectivity index (χ0v) is 32.9. The second-order valence-electron chi connectivity index (χ2n) is 16.2. The van der Waals surface area contributed by atoms with Crippen LogP contribution in [0.15, 0.2) is 95.9 Å². The maximum atomic E-state index is 14.4. The van der Waals surface area contributed by atoms with Crippen molar-refractivity contribution < 1.29 is 31.8 Å². The normalized spacial score (nSPS) is 22.0. The summed E-state index contributed by atoms with van der Waals surface area (Å²) in [6.45, 7) is 17.9. The maximum Gasteiger partial charge on any atom is 0.303 e. The number of ether oxygens (including phenoxy) is 3. The first kappa shape index (κ1) is 38.4. The first-order valence-corrected chi connectivity index (χ1v) is 21.4. The lowest BCUT2D eigenvalue weighted by molar-refractivity contribution is -0.160.